The van der Waals surface area contributed by atoms with Gasteiger partial charge >= 0.3 is 0 Å². The van der Waals surface area contributed by atoms with Crippen LogP contribution in [0.15, 0.2) is 17.4 Å². The summed E-state index contributed by atoms with van der Waals surface area (Å²) in [5.41, 5.74) is 0.787. The van der Waals surface area contributed by atoms with Gasteiger partial charge in [-0.25, -0.2) is 4.98 Å². The van der Waals surface area contributed by atoms with Crippen molar-refractivity contribution in [2.75, 3.05) is 6.61 Å². The molecule has 0 radical (unpaired) electrons. The van der Waals surface area contributed by atoms with Crippen LogP contribution in [0.2, 0.25) is 0 Å². The van der Waals surface area contributed by atoms with Crippen molar-refractivity contribution >= 4 is 17.4 Å². The summed E-state index contributed by atoms with van der Waals surface area (Å²) in [5, 5.41) is 18.2. The number of nitrogens with zero attached hydrogens (tertiary/aromatic N) is 4. The van der Waals surface area contributed by atoms with E-state index in [9.17, 15) is 0 Å². The quantitative estimate of drug-likeness (QED) is 0.813. The molecule has 2 aromatic heterocycles. The fraction of sp³-hybridized carbons (Fsp3) is 0.500. The Labute approximate surface area is 97.9 Å². The van der Waals surface area contributed by atoms with Crippen molar-refractivity contribution in [3.8, 4) is 0 Å². The van der Waals surface area contributed by atoms with E-state index in [0.29, 0.717) is 5.25 Å². The van der Waals surface area contributed by atoms with E-state index in [1.165, 1.54) is 0 Å². The monoisotopic (exact) mass is 238 g/mol. The van der Waals surface area contributed by atoms with Crippen LogP contribution in [0, 0.1) is 6.92 Å². The Morgan fingerprint density at radius 3 is 3.06 bits per heavy atom. The number of rotatable bonds is 4. The van der Waals surface area contributed by atoms with Gasteiger partial charge in [0.15, 0.2) is 5.65 Å². The lowest BCUT2D eigenvalue weighted by atomic mass is 10.3. The molecule has 0 aliphatic carbocycles. The van der Waals surface area contributed by atoms with Crippen LogP contribution in [0.25, 0.3) is 5.65 Å². The Morgan fingerprint density at radius 2 is 2.31 bits per heavy atom. The van der Waals surface area contributed by atoms with Gasteiger partial charge in [0.2, 0.25) is 0 Å². The van der Waals surface area contributed by atoms with E-state index in [4.69, 9.17) is 5.11 Å². The molecule has 0 amide bonds. The standard InChI is InChI=1S/C10H14N4OS/c1-7(3-6-15)16-10-9-13-12-8(2)14(9)5-4-11-10/h4-5,7,15H,3,6H2,1-2H3. The maximum absolute atomic E-state index is 8.87. The third kappa shape index (κ3) is 2.17. The highest BCUT2D eigenvalue weighted by Gasteiger charge is 2.11. The predicted octanol–water partition coefficient (Wildman–Crippen LogP) is 1.30. The first-order chi connectivity index (χ1) is 7.72. The maximum Gasteiger partial charge on any atom is 0.193 e. The molecule has 1 N–H and O–H groups in total. The zero-order valence-corrected chi connectivity index (χ0v) is 10.1. The molecule has 2 heterocycles. The van der Waals surface area contributed by atoms with Gasteiger partial charge in [-0.3, -0.25) is 4.40 Å². The molecule has 6 heteroatoms. The summed E-state index contributed by atoms with van der Waals surface area (Å²) in [6.07, 6.45) is 4.35. The molecule has 0 aliphatic heterocycles. The minimum Gasteiger partial charge on any atom is -0.396 e. The van der Waals surface area contributed by atoms with E-state index in [1.54, 1.807) is 18.0 Å². The summed E-state index contributed by atoms with van der Waals surface area (Å²) in [5.74, 6) is 0.856. The van der Waals surface area contributed by atoms with Gasteiger partial charge in [-0.2, -0.15) is 0 Å². The predicted molar refractivity (Wildman–Crippen MR) is 62.5 cm³/mol. The first-order valence-electron chi connectivity index (χ1n) is 5.16. The zero-order chi connectivity index (χ0) is 11.5. The molecule has 0 fully saturated rings. The second-order valence-corrected chi connectivity index (χ2v) is 5.04. The Hall–Kier alpha value is -1.14. The maximum atomic E-state index is 8.87. The van der Waals surface area contributed by atoms with Crippen LogP contribution in [0.1, 0.15) is 19.2 Å². The van der Waals surface area contributed by atoms with Gasteiger partial charge < -0.3 is 5.11 Å². The Balaban J connectivity index is 2.30. The number of aryl methyl sites for hydroxylation is 1. The smallest absolute Gasteiger partial charge is 0.193 e. The first kappa shape index (κ1) is 11.3. The van der Waals surface area contributed by atoms with Crippen molar-refractivity contribution in [1.82, 2.24) is 19.6 Å². The van der Waals surface area contributed by atoms with Crippen LogP contribution in [-0.4, -0.2) is 36.5 Å². The molecular formula is C10H14N4OS. The van der Waals surface area contributed by atoms with Crippen molar-refractivity contribution in [2.24, 2.45) is 0 Å². The SMILES string of the molecule is Cc1nnc2c(SC(C)CCO)nccn12. The average molecular weight is 238 g/mol. The molecule has 2 rings (SSSR count). The molecule has 0 aliphatic rings. The number of aliphatic hydroxyl groups excluding tert-OH is 1. The molecular weight excluding hydrogens is 224 g/mol. The summed E-state index contributed by atoms with van der Waals surface area (Å²) in [4.78, 5) is 4.30. The molecule has 0 aromatic carbocycles. The van der Waals surface area contributed by atoms with Crippen LogP contribution in [0.3, 0.4) is 0 Å². The summed E-state index contributed by atoms with van der Waals surface area (Å²) in [6, 6.07) is 0. The summed E-state index contributed by atoms with van der Waals surface area (Å²) < 4.78 is 1.92. The number of fused-ring (bicyclic) bond motifs is 1. The molecule has 2 aromatic rings. The van der Waals surface area contributed by atoms with Crippen molar-refractivity contribution in [3.63, 3.8) is 0 Å². The summed E-state index contributed by atoms with van der Waals surface area (Å²) in [6.45, 7) is 4.17. The molecule has 5 nitrogen and oxygen atoms in total. The van der Waals surface area contributed by atoms with Crippen LogP contribution in [0.4, 0.5) is 0 Å². The van der Waals surface area contributed by atoms with E-state index in [1.807, 2.05) is 17.5 Å². The van der Waals surface area contributed by atoms with E-state index in [2.05, 4.69) is 22.1 Å². The molecule has 86 valence electrons. The third-order valence-electron chi connectivity index (χ3n) is 2.31. The minimum absolute atomic E-state index is 0.197. The number of hydrogen-bond donors (Lipinski definition) is 1. The summed E-state index contributed by atoms with van der Waals surface area (Å²) >= 11 is 1.62. The van der Waals surface area contributed by atoms with Gasteiger partial charge in [0, 0.05) is 24.3 Å². The van der Waals surface area contributed by atoms with Gasteiger partial charge in [-0.05, 0) is 13.3 Å². The van der Waals surface area contributed by atoms with Crippen molar-refractivity contribution < 1.29 is 5.11 Å². The highest BCUT2D eigenvalue weighted by Crippen LogP contribution is 2.25. The second-order valence-electron chi connectivity index (χ2n) is 3.61. The number of aromatic nitrogens is 4. The number of hydrogen-bond acceptors (Lipinski definition) is 5. The zero-order valence-electron chi connectivity index (χ0n) is 9.29. The van der Waals surface area contributed by atoms with Crippen molar-refractivity contribution in [1.29, 1.82) is 0 Å². The van der Waals surface area contributed by atoms with Gasteiger partial charge in [0.1, 0.15) is 10.9 Å². The van der Waals surface area contributed by atoms with Crippen molar-refractivity contribution in [2.45, 2.75) is 30.5 Å². The molecule has 0 bridgehead atoms. The molecule has 16 heavy (non-hydrogen) atoms. The van der Waals surface area contributed by atoms with Crippen LogP contribution < -0.4 is 0 Å². The van der Waals surface area contributed by atoms with Gasteiger partial charge in [-0.1, -0.05) is 18.7 Å². The molecule has 0 saturated heterocycles. The Kier molecular flexibility index (Phi) is 3.40. The van der Waals surface area contributed by atoms with E-state index >= 15 is 0 Å². The lowest BCUT2D eigenvalue weighted by Crippen LogP contribution is -2.01. The van der Waals surface area contributed by atoms with Gasteiger partial charge in [-0.15, -0.1) is 10.2 Å². The highest BCUT2D eigenvalue weighted by molar-refractivity contribution is 8.00. The fourth-order valence-corrected chi connectivity index (χ4v) is 2.40. The Bertz CT molecular complexity index is 485. The average Bonchev–Trinajstić information content (AvgIpc) is 2.62. The van der Waals surface area contributed by atoms with E-state index < -0.39 is 0 Å². The van der Waals surface area contributed by atoms with Gasteiger partial charge in [0.25, 0.3) is 0 Å². The molecule has 1 atom stereocenters. The second kappa shape index (κ2) is 4.80. The van der Waals surface area contributed by atoms with Gasteiger partial charge in [0.05, 0.1) is 0 Å². The minimum atomic E-state index is 0.197. The topological polar surface area (TPSA) is 63.3 Å². The van der Waals surface area contributed by atoms with Crippen LogP contribution >= 0.6 is 11.8 Å². The first-order valence-corrected chi connectivity index (χ1v) is 6.04. The lowest BCUT2D eigenvalue weighted by molar-refractivity contribution is 0.289. The molecule has 0 spiro atoms. The number of thioether (sulfide) groups is 1. The third-order valence-corrected chi connectivity index (χ3v) is 3.46. The van der Waals surface area contributed by atoms with Crippen molar-refractivity contribution in [3.05, 3.63) is 18.2 Å². The van der Waals surface area contributed by atoms with E-state index in [0.717, 1.165) is 22.9 Å². The van der Waals surface area contributed by atoms with Crippen LogP contribution in [0.5, 0.6) is 0 Å². The van der Waals surface area contributed by atoms with Crippen LogP contribution in [-0.2, 0) is 0 Å². The fourth-order valence-electron chi connectivity index (χ4n) is 1.43. The molecule has 1 unspecified atom stereocenters. The van der Waals surface area contributed by atoms with E-state index in [-0.39, 0.29) is 6.61 Å². The Morgan fingerprint density at radius 1 is 1.50 bits per heavy atom. The number of aliphatic hydroxyl groups is 1. The highest BCUT2D eigenvalue weighted by atomic mass is 32.2. The normalized spacial score (nSPS) is 13.2. The molecule has 0 saturated carbocycles. The largest absolute Gasteiger partial charge is 0.396 e. The lowest BCUT2D eigenvalue weighted by Gasteiger charge is -2.08. The summed E-state index contributed by atoms with van der Waals surface area (Å²) in [7, 11) is 0.